The fraction of sp³-hybridized carbons (Fsp3) is 0.400. The van der Waals surface area contributed by atoms with E-state index >= 15 is 0 Å². The Hall–Kier alpha value is -1.75. The van der Waals surface area contributed by atoms with Crippen molar-refractivity contribution in [2.75, 3.05) is 0 Å². The van der Waals surface area contributed by atoms with Gasteiger partial charge >= 0.3 is 0 Å². The molecule has 1 N–H and O–H groups in total. The van der Waals surface area contributed by atoms with Gasteiger partial charge in [0.05, 0.1) is 12.2 Å². The van der Waals surface area contributed by atoms with Crippen LogP contribution in [0.1, 0.15) is 41.4 Å². The lowest BCUT2D eigenvalue weighted by molar-refractivity contribution is 0.426. The number of hydrogen-bond acceptors (Lipinski definition) is 3. The number of benzene rings is 1. The Morgan fingerprint density at radius 2 is 1.90 bits per heavy atom. The molecule has 0 aliphatic carbocycles. The van der Waals surface area contributed by atoms with Crippen LogP contribution in [0.15, 0.2) is 16.5 Å². The number of oxazole rings is 1. The van der Waals surface area contributed by atoms with E-state index in [0.717, 1.165) is 11.5 Å². The maximum atomic E-state index is 13.8. The summed E-state index contributed by atoms with van der Waals surface area (Å²) in [5.41, 5.74) is 1.44. The highest BCUT2D eigenvalue weighted by molar-refractivity contribution is 5.27. The molecule has 0 aliphatic heterocycles. The maximum Gasteiger partial charge on any atom is 0.208 e. The zero-order valence-corrected chi connectivity index (χ0v) is 12.1. The van der Waals surface area contributed by atoms with E-state index in [-0.39, 0.29) is 6.04 Å². The van der Waals surface area contributed by atoms with E-state index in [9.17, 15) is 8.78 Å². The zero-order valence-electron chi connectivity index (χ0n) is 12.1. The predicted octanol–water partition coefficient (Wildman–Crippen LogP) is 3.73. The number of aromatic nitrogens is 1. The first kappa shape index (κ1) is 14.7. The van der Waals surface area contributed by atoms with E-state index in [2.05, 4.69) is 10.3 Å². The zero-order chi connectivity index (χ0) is 14.9. The molecule has 3 nitrogen and oxygen atoms in total. The van der Waals surface area contributed by atoms with E-state index in [0.29, 0.717) is 23.6 Å². The summed E-state index contributed by atoms with van der Waals surface area (Å²) < 4.78 is 32.8. The van der Waals surface area contributed by atoms with Crippen LogP contribution in [0.3, 0.4) is 0 Å². The number of nitrogens with one attached hydrogen (secondary N) is 1. The van der Waals surface area contributed by atoms with Crippen LogP contribution in [0.2, 0.25) is 0 Å². The highest BCUT2D eigenvalue weighted by Crippen LogP contribution is 2.21. The summed E-state index contributed by atoms with van der Waals surface area (Å²) in [6, 6.07) is 2.11. The van der Waals surface area contributed by atoms with Crippen molar-refractivity contribution in [3.05, 3.63) is 52.2 Å². The summed E-state index contributed by atoms with van der Waals surface area (Å²) in [7, 11) is 0. The van der Waals surface area contributed by atoms with Gasteiger partial charge in [-0.15, -0.1) is 0 Å². The Morgan fingerprint density at radius 1 is 1.20 bits per heavy atom. The molecule has 0 saturated heterocycles. The quantitative estimate of drug-likeness (QED) is 0.927. The Labute approximate surface area is 117 Å². The van der Waals surface area contributed by atoms with Crippen LogP contribution in [0.4, 0.5) is 8.78 Å². The van der Waals surface area contributed by atoms with Gasteiger partial charge in [0.2, 0.25) is 5.89 Å². The minimum absolute atomic E-state index is 0.299. The number of aryl methyl sites for hydroxylation is 3. The summed E-state index contributed by atoms with van der Waals surface area (Å²) in [6.45, 7) is 7.38. The lowest BCUT2D eigenvalue weighted by Crippen LogP contribution is -2.19. The summed E-state index contributed by atoms with van der Waals surface area (Å²) in [6.07, 6.45) is 0. The minimum atomic E-state index is -0.413. The molecule has 1 aromatic carbocycles. The van der Waals surface area contributed by atoms with Crippen molar-refractivity contribution in [3.63, 3.8) is 0 Å². The van der Waals surface area contributed by atoms with Crippen LogP contribution in [0.5, 0.6) is 0 Å². The highest BCUT2D eigenvalue weighted by Gasteiger charge is 2.14. The van der Waals surface area contributed by atoms with Crippen LogP contribution in [0.25, 0.3) is 0 Å². The summed E-state index contributed by atoms with van der Waals surface area (Å²) in [5.74, 6) is 0.489. The Balaban J connectivity index is 2.08. The topological polar surface area (TPSA) is 38.1 Å². The third-order valence-corrected chi connectivity index (χ3v) is 3.38. The summed E-state index contributed by atoms with van der Waals surface area (Å²) in [4.78, 5) is 4.23. The first-order valence-corrected chi connectivity index (χ1v) is 6.50. The fourth-order valence-corrected chi connectivity index (χ4v) is 1.96. The summed E-state index contributed by atoms with van der Waals surface area (Å²) >= 11 is 0. The van der Waals surface area contributed by atoms with E-state index < -0.39 is 11.6 Å². The van der Waals surface area contributed by atoms with E-state index in [1.807, 2.05) is 13.8 Å². The highest BCUT2D eigenvalue weighted by atomic mass is 19.1. The SMILES string of the molecule is Cc1cc(F)c(C(C)NCc2nc(C)c(C)o2)cc1F. The molecule has 0 spiro atoms. The van der Waals surface area contributed by atoms with Crippen molar-refractivity contribution < 1.29 is 13.2 Å². The van der Waals surface area contributed by atoms with Gasteiger partial charge in [-0.2, -0.15) is 0 Å². The van der Waals surface area contributed by atoms with Gasteiger partial charge in [0.25, 0.3) is 0 Å². The number of halogens is 2. The predicted molar refractivity (Wildman–Crippen MR) is 72.3 cm³/mol. The molecule has 5 heteroatoms. The smallest absolute Gasteiger partial charge is 0.208 e. The Kier molecular flexibility index (Phi) is 4.18. The molecular formula is C15H18F2N2O. The summed E-state index contributed by atoms with van der Waals surface area (Å²) in [5, 5.41) is 3.08. The van der Waals surface area contributed by atoms with Gasteiger partial charge in [0.15, 0.2) is 0 Å². The molecule has 1 aromatic heterocycles. The van der Waals surface area contributed by atoms with Crippen molar-refractivity contribution >= 4 is 0 Å². The molecule has 0 radical (unpaired) electrons. The van der Waals surface area contributed by atoms with Crippen LogP contribution in [-0.2, 0) is 6.54 Å². The Morgan fingerprint density at radius 3 is 2.50 bits per heavy atom. The van der Waals surface area contributed by atoms with E-state index in [1.165, 1.54) is 12.1 Å². The Bertz CT molecular complexity index is 603. The largest absolute Gasteiger partial charge is 0.444 e. The molecular weight excluding hydrogens is 262 g/mol. The van der Waals surface area contributed by atoms with Gasteiger partial charge in [-0.25, -0.2) is 13.8 Å². The first-order valence-electron chi connectivity index (χ1n) is 6.50. The number of nitrogens with zero attached hydrogens (tertiary/aromatic N) is 1. The second kappa shape index (κ2) is 5.71. The molecule has 20 heavy (non-hydrogen) atoms. The van der Waals surface area contributed by atoms with Gasteiger partial charge in [-0.3, -0.25) is 0 Å². The number of hydrogen-bond donors (Lipinski definition) is 1. The lowest BCUT2D eigenvalue weighted by Gasteiger charge is -2.14. The van der Waals surface area contributed by atoms with E-state index in [1.54, 1.807) is 13.8 Å². The minimum Gasteiger partial charge on any atom is -0.444 e. The lowest BCUT2D eigenvalue weighted by atomic mass is 10.1. The van der Waals surface area contributed by atoms with Gasteiger partial charge in [-0.05, 0) is 45.4 Å². The third kappa shape index (κ3) is 3.04. The maximum absolute atomic E-state index is 13.8. The average Bonchev–Trinajstić information content (AvgIpc) is 2.70. The van der Waals surface area contributed by atoms with Crippen molar-refractivity contribution in [1.29, 1.82) is 0 Å². The van der Waals surface area contributed by atoms with Crippen LogP contribution < -0.4 is 5.32 Å². The van der Waals surface area contributed by atoms with Gasteiger partial charge in [-0.1, -0.05) is 0 Å². The molecule has 1 heterocycles. The molecule has 0 saturated carbocycles. The molecule has 1 unspecified atom stereocenters. The molecule has 0 aliphatic rings. The van der Waals surface area contributed by atoms with Gasteiger partial charge in [0, 0.05) is 11.6 Å². The van der Waals surface area contributed by atoms with Crippen molar-refractivity contribution in [3.8, 4) is 0 Å². The van der Waals surface area contributed by atoms with Crippen molar-refractivity contribution in [2.45, 2.75) is 40.3 Å². The van der Waals surface area contributed by atoms with Gasteiger partial charge in [0.1, 0.15) is 17.4 Å². The standard InChI is InChI=1S/C15H18F2N2O/c1-8-5-14(17)12(6-13(8)16)10(3)18-7-15-19-9(2)11(4)20-15/h5-6,10,18H,7H2,1-4H3. The van der Waals surface area contributed by atoms with Crippen LogP contribution in [-0.4, -0.2) is 4.98 Å². The third-order valence-electron chi connectivity index (χ3n) is 3.38. The number of rotatable bonds is 4. The second-order valence-corrected chi connectivity index (χ2v) is 4.97. The first-order chi connectivity index (χ1) is 9.38. The normalized spacial score (nSPS) is 12.7. The van der Waals surface area contributed by atoms with Crippen molar-refractivity contribution in [1.82, 2.24) is 10.3 Å². The molecule has 0 amide bonds. The second-order valence-electron chi connectivity index (χ2n) is 4.97. The molecule has 108 valence electrons. The molecule has 2 rings (SSSR count). The van der Waals surface area contributed by atoms with E-state index in [4.69, 9.17) is 4.42 Å². The molecule has 0 bridgehead atoms. The molecule has 1 atom stereocenters. The molecule has 0 fully saturated rings. The fourth-order valence-electron chi connectivity index (χ4n) is 1.96. The average molecular weight is 280 g/mol. The van der Waals surface area contributed by atoms with Gasteiger partial charge < -0.3 is 9.73 Å². The van der Waals surface area contributed by atoms with Crippen LogP contribution in [0, 0.1) is 32.4 Å². The molecule has 2 aromatic rings. The monoisotopic (exact) mass is 280 g/mol. The van der Waals surface area contributed by atoms with Crippen LogP contribution >= 0.6 is 0 Å². The van der Waals surface area contributed by atoms with Crippen molar-refractivity contribution in [2.24, 2.45) is 0 Å².